The van der Waals surface area contributed by atoms with E-state index in [1.807, 2.05) is 0 Å². The number of carbonyl (C=O) groups is 1. The summed E-state index contributed by atoms with van der Waals surface area (Å²) in [6, 6.07) is 22.6. The SMILES string of the molecule is CCCCCCCCCCCCC(CCCCCCCCCC)Cn1c(/C=C\c2sc(/C=C/c3ccc(N(CCCC)CCCC)cc3)c(OCCCC)c2OCCCC)ccc1C1=C([O-])/C(=C2/C=CC(/C=C\c3sc(/C=C/c4ccc(N(CCCC)CCCC)cc4)c(OCCCC)c3OCCCC)=[N+]2CC(CCCCCCCCCC)CCCCCCCCCCCC)C1=O. The van der Waals surface area contributed by atoms with Crippen molar-refractivity contribution in [3.05, 3.63) is 138 Å². The smallest absolute Gasteiger partial charge is 0.216 e. The molecule has 132 heavy (non-hydrogen) atoms. The van der Waals surface area contributed by atoms with E-state index in [0.717, 1.165) is 193 Å². The molecule has 0 amide bonds. The fraction of sp³-hybridized carbons (Fsp3) is 0.667. The quantitative estimate of drug-likeness (QED) is 0.0216. The minimum atomic E-state index is -0.140. The van der Waals surface area contributed by atoms with Crippen LogP contribution in [0.15, 0.2) is 95.9 Å². The fourth-order valence-corrected chi connectivity index (χ4v) is 20.6. The molecule has 0 radical (unpaired) electrons. The molecule has 0 fully saturated rings. The molecular formula is C120H190N4O6S2. The maximum Gasteiger partial charge on any atom is 0.216 e. The summed E-state index contributed by atoms with van der Waals surface area (Å²) < 4.78 is 32.4. The van der Waals surface area contributed by atoms with Crippen LogP contribution in [0.4, 0.5) is 11.4 Å². The van der Waals surface area contributed by atoms with Crippen LogP contribution in [0.3, 0.4) is 0 Å². The number of anilines is 2. The van der Waals surface area contributed by atoms with Crippen molar-refractivity contribution in [1.29, 1.82) is 0 Å². The van der Waals surface area contributed by atoms with Gasteiger partial charge in [-0.05, 0) is 161 Å². The molecule has 0 N–H and O–H groups in total. The molecule has 7 rings (SSSR count). The number of ketones is 1. The van der Waals surface area contributed by atoms with E-state index in [1.54, 1.807) is 22.7 Å². The van der Waals surface area contributed by atoms with Gasteiger partial charge in [0.15, 0.2) is 29.5 Å². The number of benzene rings is 2. The lowest BCUT2D eigenvalue weighted by Gasteiger charge is -2.32. The molecular weight excluding hydrogens is 1660 g/mol. The average molecular weight is 1850 g/mol. The first-order chi connectivity index (χ1) is 65.0. The topological polar surface area (TPSA) is 91.5 Å². The molecule has 0 saturated heterocycles. The third-order valence-electron chi connectivity index (χ3n) is 27.2. The zero-order valence-electron chi connectivity index (χ0n) is 86.4. The molecule has 0 bridgehead atoms. The van der Waals surface area contributed by atoms with Crippen LogP contribution in [0.1, 0.15) is 485 Å². The Morgan fingerprint density at radius 2 is 0.629 bits per heavy atom. The van der Waals surface area contributed by atoms with E-state index in [9.17, 15) is 0 Å². The highest BCUT2D eigenvalue weighted by Gasteiger charge is 2.40. The van der Waals surface area contributed by atoms with Crippen LogP contribution in [-0.2, 0) is 11.3 Å². The molecule has 0 saturated carbocycles. The number of nitrogens with zero attached hydrogens (tertiary/aromatic N) is 4. The van der Waals surface area contributed by atoms with Gasteiger partial charge in [0.1, 0.15) is 0 Å². The lowest BCUT2D eigenvalue weighted by molar-refractivity contribution is -0.478. The van der Waals surface area contributed by atoms with Gasteiger partial charge < -0.3 is 38.4 Å². The van der Waals surface area contributed by atoms with Gasteiger partial charge in [-0.15, -0.1) is 22.7 Å². The minimum absolute atomic E-state index is 0.140. The molecule has 12 heteroatoms. The van der Waals surface area contributed by atoms with Crippen LogP contribution in [0.5, 0.6) is 23.0 Å². The minimum Gasteiger partial charge on any atom is -0.871 e. The fourth-order valence-electron chi connectivity index (χ4n) is 18.6. The molecule has 2 aliphatic rings. The number of allylic oxidation sites excluding steroid dienone is 5. The molecule has 738 valence electrons. The Labute approximate surface area is 817 Å². The highest BCUT2D eigenvalue weighted by atomic mass is 32.1. The molecule has 10 nitrogen and oxygen atoms in total. The summed E-state index contributed by atoms with van der Waals surface area (Å²) in [5.74, 6) is 3.66. The zero-order valence-corrected chi connectivity index (χ0v) is 88.1. The van der Waals surface area contributed by atoms with Gasteiger partial charge >= 0.3 is 0 Å². The lowest BCUT2D eigenvalue weighted by atomic mass is 9.84. The van der Waals surface area contributed by atoms with Gasteiger partial charge in [-0.3, -0.25) is 4.79 Å². The first-order valence-electron chi connectivity index (χ1n) is 55.5. The van der Waals surface area contributed by atoms with Crippen LogP contribution in [0.2, 0.25) is 0 Å². The molecule has 4 heterocycles. The largest absolute Gasteiger partial charge is 0.871 e. The number of unbranched alkanes of at least 4 members (excludes halogenated alkanes) is 40. The molecule has 2 aromatic carbocycles. The summed E-state index contributed by atoms with van der Waals surface area (Å²) in [6.07, 6.45) is 90.5. The van der Waals surface area contributed by atoms with Crippen LogP contribution in [-0.4, -0.2) is 79.8 Å². The molecule has 2 unspecified atom stereocenters. The molecule has 3 aromatic heterocycles. The van der Waals surface area contributed by atoms with E-state index >= 15 is 9.90 Å². The summed E-state index contributed by atoms with van der Waals surface area (Å²) in [6.45, 7) is 35.4. The Morgan fingerprint density at radius 1 is 0.326 bits per heavy atom. The van der Waals surface area contributed by atoms with Gasteiger partial charge in [0.25, 0.3) is 0 Å². The first kappa shape index (κ1) is 112. The molecule has 2 atom stereocenters. The number of thiophene rings is 2. The van der Waals surface area contributed by atoms with E-state index in [-0.39, 0.29) is 11.5 Å². The molecule has 5 aromatic rings. The summed E-state index contributed by atoms with van der Waals surface area (Å²) in [5, 5.41) is 16.2. The normalized spacial score (nSPS) is 14.1. The Kier molecular flexibility index (Phi) is 60.2. The number of ether oxygens (including phenoxy) is 4. The van der Waals surface area contributed by atoms with Crippen LogP contribution in [0, 0.1) is 11.8 Å². The number of rotatable bonds is 83. The summed E-state index contributed by atoms with van der Waals surface area (Å²) in [4.78, 5) is 25.4. The van der Waals surface area contributed by atoms with E-state index in [1.165, 1.54) is 294 Å². The number of aromatic nitrogens is 1. The van der Waals surface area contributed by atoms with Gasteiger partial charge in [-0.1, -0.05) is 408 Å². The number of hydrogen-bond acceptors (Lipinski definition) is 10. The summed E-state index contributed by atoms with van der Waals surface area (Å²) in [7, 11) is 0. The van der Waals surface area contributed by atoms with E-state index < -0.39 is 0 Å². The second-order valence-electron chi connectivity index (χ2n) is 38.8. The van der Waals surface area contributed by atoms with Crippen molar-refractivity contribution in [3.8, 4) is 23.0 Å². The highest BCUT2D eigenvalue weighted by Crippen LogP contribution is 2.48. The molecule has 1 aliphatic heterocycles. The van der Waals surface area contributed by atoms with Crippen LogP contribution < -0.4 is 33.9 Å². The predicted molar refractivity (Wildman–Crippen MR) is 580 cm³/mol. The second kappa shape index (κ2) is 70.8. The second-order valence-corrected chi connectivity index (χ2v) is 41.0. The predicted octanol–water partition coefficient (Wildman–Crippen LogP) is 36.2. The molecule has 0 spiro atoms. The number of hydrogen-bond donors (Lipinski definition) is 0. The highest BCUT2D eigenvalue weighted by molar-refractivity contribution is 7.15. The Balaban J connectivity index is 1.40. The summed E-state index contributed by atoms with van der Waals surface area (Å²) in [5.41, 5.74) is 9.00. The first-order valence-corrected chi connectivity index (χ1v) is 57.1. The third-order valence-corrected chi connectivity index (χ3v) is 29.4. The van der Waals surface area contributed by atoms with Crippen LogP contribution in [0.25, 0.3) is 48.1 Å². The molecule has 1 aliphatic carbocycles. The van der Waals surface area contributed by atoms with Crippen molar-refractivity contribution >= 4 is 93.6 Å². The average Bonchev–Trinajstić information content (AvgIpc) is 1.51. The van der Waals surface area contributed by atoms with Crippen molar-refractivity contribution < 1.29 is 33.4 Å². The number of Topliss-reactive ketones (excluding diaryl/α,β-unsaturated/α-hetero) is 1. The maximum atomic E-state index is 16.2. The van der Waals surface area contributed by atoms with Crippen molar-refractivity contribution in [2.45, 2.75) is 449 Å². The monoisotopic (exact) mass is 1850 g/mol. The van der Waals surface area contributed by atoms with Crippen molar-refractivity contribution in [2.75, 3.05) is 69.0 Å². The van der Waals surface area contributed by atoms with Gasteiger partial charge in [0, 0.05) is 79.5 Å². The Morgan fingerprint density at radius 3 is 0.955 bits per heavy atom. The van der Waals surface area contributed by atoms with Crippen molar-refractivity contribution in [3.63, 3.8) is 0 Å². The Hall–Kier alpha value is -6.76. The standard InChI is InChI=1S/C120H190N4O6S2/c1-13-25-37-41-45-49-51-55-59-63-67-101(65-61-57-53-47-43-39-27-15-3)97-123-105(81-87-111-119(129-95-35-23-11)117(127-93-33-21-9)109(131-111)85-73-99-69-75-103(76-70-99)121(89-29-17-5)90-30-18-6)79-83-107(123)113-115(125)114(116(113)126)108-84-80-106(124(108)98-102(66-62-58-54-48-44-40-28-16-4)68-64-60-56-52-50-46-42-38-26-14-2)82-88-112-120(130-96-36-24-12)118(128-94-34-22-10)110(132-112)86-74-100-71-77-104(78-72-100)122(91-31-19-7)92-32-20-8/h69-88,101-102H,13-68,89-98H2,1-12H3. The zero-order chi connectivity index (χ0) is 94.1. The van der Waals surface area contributed by atoms with Crippen LogP contribution >= 0.6 is 22.7 Å². The van der Waals surface area contributed by atoms with E-state index in [0.29, 0.717) is 49.4 Å². The van der Waals surface area contributed by atoms with Crippen molar-refractivity contribution in [1.82, 2.24) is 4.57 Å². The van der Waals surface area contributed by atoms with E-state index in [2.05, 4.69) is 223 Å². The van der Waals surface area contributed by atoms with Gasteiger partial charge in [-0.25, -0.2) is 0 Å². The lowest BCUT2D eigenvalue weighted by Crippen LogP contribution is -2.34. The van der Waals surface area contributed by atoms with Gasteiger partial charge in [0.05, 0.1) is 57.2 Å². The summed E-state index contributed by atoms with van der Waals surface area (Å²) >= 11 is 3.45. The third kappa shape index (κ3) is 41.3. The number of carbonyl (C=O) groups excluding carboxylic acids is 1. The van der Waals surface area contributed by atoms with E-state index in [4.69, 9.17) is 18.9 Å². The van der Waals surface area contributed by atoms with Gasteiger partial charge in [-0.2, -0.15) is 4.58 Å². The maximum absolute atomic E-state index is 16.2. The van der Waals surface area contributed by atoms with Crippen molar-refractivity contribution in [2.24, 2.45) is 11.8 Å². The van der Waals surface area contributed by atoms with Gasteiger partial charge in [0.2, 0.25) is 17.2 Å². The Bertz CT molecular complexity index is 4100.